The van der Waals surface area contributed by atoms with Crippen molar-refractivity contribution in [2.24, 2.45) is 7.05 Å². The van der Waals surface area contributed by atoms with Crippen molar-refractivity contribution in [2.75, 3.05) is 38.6 Å². The molecule has 1 aliphatic heterocycles. The second-order valence-corrected chi connectivity index (χ2v) is 9.58. The normalized spacial score (nSPS) is 15.3. The molecule has 0 aliphatic carbocycles. The molecule has 0 radical (unpaired) electrons. The highest BCUT2D eigenvalue weighted by atomic mass is 32.2. The Bertz CT molecular complexity index is 1140. The van der Waals surface area contributed by atoms with E-state index in [1.54, 1.807) is 28.0 Å². The molecule has 3 aromatic heterocycles. The summed E-state index contributed by atoms with van der Waals surface area (Å²) in [7, 11) is 2.06. The molecule has 1 aliphatic rings. The second kappa shape index (κ2) is 8.50. The molecular formula is C21H25N6OS2+. The van der Waals surface area contributed by atoms with Crippen LogP contribution in [0.25, 0.3) is 26.6 Å². The first-order chi connectivity index (χ1) is 14.7. The van der Waals surface area contributed by atoms with Gasteiger partial charge in [0.15, 0.2) is 11.0 Å². The van der Waals surface area contributed by atoms with Gasteiger partial charge in [0.25, 0.3) is 0 Å². The van der Waals surface area contributed by atoms with Crippen molar-refractivity contribution in [3.05, 3.63) is 42.1 Å². The van der Waals surface area contributed by atoms with Gasteiger partial charge in [-0.3, -0.25) is 0 Å². The number of para-hydroxylation sites is 1. The number of nitrogens with one attached hydrogen (secondary N) is 1. The number of quaternary nitrogens is 1. The third-order valence-corrected chi connectivity index (χ3v) is 7.62. The number of fused-ring (bicyclic) bond motifs is 1. The third-order valence-electron chi connectivity index (χ3n) is 5.49. The van der Waals surface area contributed by atoms with E-state index >= 15 is 0 Å². The predicted molar refractivity (Wildman–Crippen MR) is 121 cm³/mol. The number of benzene rings is 1. The predicted octanol–water partition coefficient (Wildman–Crippen LogP) is 2.20. The Labute approximate surface area is 183 Å². The molecule has 1 aromatic carbocycles. The largest absolute Gasteiger partial charge is 0.370 e. The fourth-order valence-electron chi connectivity index (χ4n) is 3.75. The number of nitrogens with zero attached hydrogens (tertiary/aromatic N) is 5. The summed E-state index contributed by atoms with van der Waals surface area (Å²) in [6.07, 6.45) is 0. The molecule has 4 aromatic rings. The molecule has 5 rings (SSSR count). The highest BCUT2D eigenvalue weighted by molar-refractivity contribution is 7.99. The van der Waals surface area contributed by atoms with Crippen molar-refractivity contribution in [1.82, 2.24) is 24.5 Å². The lowest BCUT2D eigenvalue weighted by atomic mass is 10.3. The van der Waals surface area contributed by atoms with Crippen LogP contribution >= 0.6 is 23.1 Å². The van der Waals surface area contributed by atoms with E-state index < -0.39 is 0 Å². The van der Waals surface area contributed by atoms with E-state index in [4.69, 9.17) is 9.84 Å². The van der Waals surface area contributed by atoms with Gasteiger partial charge < -0.3 is 14.2 Å². The number of aryl methyl sites for hydroxylation is 1. The van der Waals surface area contributed by atoms with Gasteiger partial charge in [0, 0.05) is 12.4 Å². The summed E-state index contributed by atoms with van der Waals surface area (Å²) in [6.45, 7) is 7.14. The quantitative estimate of drug-likeness (QED) is 0.465. The van der Waals surface area contributed by atoms with Gasteiger partial charge in [0.1, 0.15) is 17.9 Å². The second-order valence-electron chi connectivity index (χ2n) is 7.49. The summed E-state index contributed by atoms with van der Waals surface area (Å²) in [6, 6.07) is 12.5. The van der Waals surface area contributed by atoms with Gasteiger partial charge >= 0.3 is 0 Å². The molecule has 1 N–H and O–H groups in total. The van der Waals surface area contributed by atoms with E-state index in [1.165, 1.54) is 5.39 Å². The monoisotopic (exact) mass is 441 g/mol. The van der Waals surface area contributed by atoms with Gasteiger partial charge in [0.05, 0.1) is 41.8 Å². The molecule has 30 heavy (non-hydrogen) atoms. The maximum absolute atomic E-state index is 5.44. The molecule has 0 amide bonds. The van der Waals surface area contributed by atoms with Gasteiger partial charge in [-0.15, -0.1) is 21.5 Å². The van der Waals surface area contributed by atoms with Crippen LogP contribution < -0.4 is 4.90 Å². The number of hydrogen-bond donors (Lipinski definition) is 1. The van der Waals surface area contributed by atoms with Gasteiger partial charge in [-0.25, -0.2) is 4.68 Å². The van der Waals surface area contributed by atoms with E-state index in [2.05, 4.69) is 46.9 Å². The molecule has 0 saturated carbocycles. The molecule has 156 valence electrons. The van der Waals surface area contributed by atoms with Crippen LogP contribution in [0.4, 0.5) is 0 Å². The summed E-state index contributed by atoms with van der Waals surface area (Å²) >= 11 is 3.50. The lowest BCUT2D eigenvalue weighted by Gasteiger charge is -2.23. The summed E-state index contributed by atoms with van der Waals surface area (Å²) in [4.78, 5) is 3.87. The minimum Gasteiger partial charge on any atom is -0.370 e. The molecule has 4 heterocycles. The van der Waals surface area contributed by atoms with Crippen LogP contribution in [0.1, 0.15) is 5.69 Å². The number of morpholine rings is 1. The molecule has 0 atom stereocenters. The lowest BCUT2D eigenvalue weighted by Crippen LogP contribution is -3.14. The lowest BCUT2D eigenvalue weighted by molar-refractivity contribution is -0.905. The first-order valence-corrected chi connectivity index (χ1v) is 12.0. The van der Waals surface area contributed by atoms with Gasteiger partial charge in [-0.05, 0) is 25.1 Å². The number of ether oxygens (including phenoxy) is 1. The van der Waals surface area contributed by atoms with Crippen molar-refractivity contribution in [3.8, 4) is 16.4 Å². The molecule has 0 bridgehead atoms. The van der Waals surface area contributed by atoms with Crippen molar-refractivity contribution in [2.45, 2.75) is 12.1 Å². The van der Waals surface area contributed by atoms with Crippen LogP contribution in [0.5, 0.6) is 0 Å². The number of thiophene rings is 1. The van der Waals surface area contributed by atoms with E-state index in [-0.39, 0.29) is 0 Å². The Balaban J connectivity index is 1.37. The topological polar surface area (TPSA) is 62.2 Å². The van der Waals surface area contributed by atoms with E-state index in [9.17, 15) is 0 Å². The van der Waals surface area contributed by atoms with Crippen LogP contribution in [-0.2, 0) is 11.8 Å². The molecule has 9 heteroatoms. The van der Waals surface area contributed by atoms with Gasteiger partial charge in [0.2, 0.25) is 0 Å². The molecule has 0 unspecified atom stereocenters. The zero-order valence-electron chi connectivity index (χ0n) is 17.2. The zero-order chi connectivity index (χ0) is 20.5. The van der Waals surface area contributed by atoms with Crippen molar-refractivity contribution < 1.29 is 9.64 Å². The Morgan fingerprint density at radius 1 is 1.17 bits per heavy atom. The molecule has 1 saturated heterocycles. The standard InChI is InChI=1S/C21H24N6OS2/c1-15-17-14-18(30-20(17)27(24-15)16-6-4-3-5-7-16)19-22-23-21(25(19)2)29-13-10-26-8-11-28-12-9-26/h3-7,14H,8-13H2,1-2H3/p+1. The van der Waals surface area contributed by atoms with Gasteiger partial charge in [-0.1, -0.05) is 30.0 Å². The fraction of sp³-hybridized carbons (Fsp3) is 0.381. The van der Waals surface area contributed by atoms with Gasteiger partial charge in [-0.2, -0.15) is 5.10 Å². The fourth-order valence-corrected chi connectivity index (χ4v) is 5.91. The number of thioether (sulfide) groups is 1. The van der Waals surface area contributed by atoms with Crippen LogP contribution in [0.2, 0.25) is 0 Å². The Morgan fingerprint density at radius 3 is 2.77 bits per heavy atom. The summed E-state index contributed by atoms with van der Waals surface area (Å²) in [5.74, 6) is 1.95. The minimum atomic E-state index is 0.875. The van der Waals surface area contributed by atoms with E-state index in [0.29, 0.717) is 0 Å². The molecular weight excluding hydrogens is 416 g/mol. The third kappa shape index (κ3) is 3.78. The number of hydrogen-bond acceptors (Lipinski definition) is 6. The molecule has 1 fully saturated rings. The number of rotatable bonds is 6. The Hall–Kier alpha value is -2.20. The SMILES string of the molecule is Cc1nn(-c2ccccc2)c2sc(-c3nnc(SCC[NH+]4CCOCC4)n3C)cc12. The van der Waals surface area contributed by atoms with Crippen LogP contribution in [0.3, 0.4) is 0 Å². The van der Waals surface area contributed by atoms with Crippen LogP contribution in [0, 0.1) is 6.92 Å². The van der Waals surface area contributed by atoms with Crippen LogP contribution in [0.15, 0.2) is 41.6 Å². The highest BCUT2D eigenvalue weighted by Gasteiger charge is 2.19. The van der Waals surface area contributed by atoms with E-state index in [0.717, 1.165) is 70.7 Å². The maximum Gasteiger partial charge on any atom is 0.191 e. The summed E-state index contributed by atoms with van der Waals surface area (Å²) in [5, 5.41) is 15.8. The first kappa shape index (κ1) is 19.7. The Morgan fingerprint density at radius 2 is 1.97 bits per heavy atom. The Kier molecular flexibility index (Phi) is 5.60. The average Bonchev–Trinajstić information content (AvgIpc) is 3.45. The maximum atomic E-state index is 5.44. The summed E-state index contributed by atoms with van der Waals surface area (Å²) in [5.41, 5.74) is 2.10. The smallest absolute Gasteiger partial charge is 0.191 e. The average molecular weight is 442 g/mol. The highest BCUT2D eigenvalue weighted by Crippen LogP contribution is 2.36. The van der Waals surface area contributed by atoms with Crippen molar-refractivity contribution in [1.29, 1.82) is 0 Å². The first-order valence-electron chi connectivity index (χ1n) is 10.2. The van der Waals surface area contributed by atoms with Crippen molar-refractivity contribution >= 4 is 33.3 Å². The van der Waals surface area contributed by atoms with Crippen molar-refractivity contribution in [3.63, 3.8) is 0 Å². The number of aromatic nitrogens is 5. The summed E-state index contributed by atoms with van der Waals surface area (Å²) < 4.78 is 9.57. The van der Waals surface area contributed by atoms with Crippen LogP contribution in [-0.4, -0.2) is 63.1 Å². The minimum absolute atomic E-state index is 0.875. The molecule has 7 nitrogen and oxygen atoms in total. The zero-order valence-corrected chi connectivity index (χ0v) is 18.8. The van der Waals surface area contributed by atoms with E-state index in [1.807, 2.05) is 22.9 Å². The molecule has 0 spiro atoms.